The fraction of sp³-hybridized carbons (Fsp3) is 0.458. The van der Waals surface area contributed by atoms with Gasteiger partial charge in [-0.1, -0.05) is 57.2 Å². The van der Waals surface area contributed by atoms with Crippen molar-refractivity contribution in [1.82, 2.24) is 5.32 Å². The Morgan fingerprint density at radius 1 is 1.10 bits per heavy atom. The Bertz CT molecular complexity index is 958. The first-order valence-corrected chi connectivity index (χ1v) is 12.6. The van der Waals surface area contributed by atoms with Crippen LogP contribution in [0.4, 0.5) is 5.69 Å². The van der Waals surface area contributed by atoms with Gasteiger partial charge in [0.1, 0.15) is 12.3 Å². The first-order chi connectivity index (χ1) is 14.7. The van der Waals surface area contributed by atoms with Gasteiger partial charge in [-0.15, -0.1) is 0 Å². The second kappa shape index (κ2) is 11.7. The molecule has 0 bridgehead atoms. The Labute approximate surface area is 186 Å². The molecule has 0 atom stereocenters. The minimum absolute atomic E-state index is 0.138. The zero-order chi connectivity index (χ0) is 22.9. The van der Waals surface area contributed by atoms with Gasteiger partial charge in [0.15, 0.2) is 0 Å². The van der Waals surface area contributed by atoms with Crippen LogP contribution in [0.1, 0.15) is 50.7 Å². The van der Waals surface area contributed by atoms with E-state index in [0.29, 0.717) is 18.8 Å². The van der Waals surface area contributed by atoms with E-state index in [0.717, 1.165) is 42.4 Å². The molecule has 0 aromatic heterocycles. The van der Waals surface area contributed by atoms with Gasteiger partial charge >= 0.3 is 0 Å². The molecule has 2 aromatic carbocycles. The van der Waals surface area contributed by atoms with Gasteiger partial charge in [-0.2, -0.15) is 0 Å². The maximum absolute atomic E-state index is 12.5. The highest BCUT2D eigenvalue weighted by Gasteiger charge is 2.23. The van der Waals surface area contributed by atoms with Gasteiger partial charge in [-0.25, -0.2) is 8.42 Å². The average Bonchev–Trinajstić information content (AvgIpc) is 2.73. The van der Waals surface area contributed by atoms with Crippen molar-refractivity contribution in [1.29, 1.82) is 0 Å². The summed E-state index contributed by atoms with van der Waals surface area (Å²) in [5, 5.41) is 2.85. The molecule has 0 fully saturated rings. The normalized spacial score (nSPS) is 11.4. The lowest BCUT2D eigenvalue weighted by molar-refractivity contribution is -0.119. The minimum atomic E-state index is -3.60. The molecule has 7 heteroatoms. The molecule has 0 aliphatic heterocycles. The van der Waals surface area contributed by atoms with Crippen LogP contribution in [0.3, 0.4) is 0 Å². The molecule has 6 nitrogen and oxygen atoms in total. The molecular weight excluding hydrogens is 412 g/mol. The molecule has 0 spiro atoms. The third-order valence-corrected chi connectivity index (χ3v) is 6.02. The molecule has 0 saturated carbocycles. The summed E-state index contributed by atoms with van der Waals surface area (Å²) in [6.45, 7) is 6.97. The number of aryl methyl sites for hydroxylation is 1. The highest BCUT2D eigenvalue weighted by Crippen LogP contribution is 2.28. The summed E-state index contributed by atoms with van der Waals surface area (Å²) in [5.41, 5.74) is 2.55. The monoisotopic (exact) mass is 446 g/mol. The van der Waals surface area contributed by atoms with Gasteiger partial charge in [0.05, 0.1) is 18.6 Å². The van der Waals surface area contributed by atoms with Crippen LogP contribution in [0.5, 0.6) is 5.75 Å². The van der Waals surface area contributed by atoms with Crippen LogP contribution in [0.2, 0.25) is 0 Å². The van der Waals surface area contributed by atoms with Crippen molar-refractivity contribution in [3.8, 4) is 5.75 Å². The number of amides is 1. The maximum atomic E-state index is 12.5. The topological polar surface area (TPSA) is 75.7 Å². The Morgan fingerprint density at radius 3 is 2.45 bits per heavy atom. The lowest BCUT2D eigenvalue weighted by Gasteiger charge is -2.25. The first kappa shape index (κ1) is 24.7. The fourth-order valence-corrected chi connectivity index (χ4v) is 4.22. The summed E-state index contributed by atoms with van der Waals surface area (Å²) in [7, 11) is -3.60. The second-order valence-corrected chi connectivity index (χ2v) is 9.80. The lowest BCUT2D eigenvalue weighted by Crippen LogP contribution is -2.41. The lowest BCUT2D eigenvalue weighted by atomic mass is 10.0. The highest BCUT2D eigenvalue weighted by molar-refractivity contribution is 7.92. The van der Waals surface area contributed by atoms with E-state index in [-0.39, 0.29) is 18.4 Å². The molecule has 0 aliphatic rings. The predicted octanol–water partition coefficient (Wildman–Crippen LogP) is 4.11. The standard InChI is InChI=1S/C24H34N2O4S/c1-5-17-30-23-15-9-6-11-20(23)12-10-16-25-24(27)18-26(31(4,28)29)22-14-8-7-13-21(22)19(2)3/h6-9,11,13-15,19H,5,10,12,16-18H2,1-4H3,(H,25,27). The zero-order valence-electron chi connectivity index (χ0n) is 18.9. The predicted molar refractivity (Wildman–Crippen MR) is 126 cm³/mol. The van der Waals surface area contributed by atoms with E-state index in [2.05, 4.69) is 12.2 Å². The fourth-order valence-electron chi connectivity index (χ4n) is 3.34. The van der Waals surface area contributed by atoms with Gasteiger partial charge < -0.3 is 10.1 Å². The molecule has 1 N–H and O–H groups in total. The number of carbonyl (C=O) groups excluding carboxylic acids is 1. The van der Waals surface area contributed by atoms with Crippen LogP contribution in [-0.4, -0.2) is 40.3 Å². The van der Waals surface area contributed by atoms with E-state index in [1.807, 2.05) is 50.2 Å². The van der Waals surface area contributed by atoms with Crippen molar-refractivity contribution in [2.24, 2.45) is 0 Å². The molecule has 31 heavy (non-hydrogen) atoms. The van der Waals surface area contributed by atoms with E-state index >= 15 is 0 Å². The number of benzene rings is 2. The molecule has 2 rings (SSSR count). The van der Waals surface area contributed by atoms with Gasteiger partial charge in [-0.05, 0) is 48.4 Å². The summed E-state index contributed by atoms with van der Waals surface area (Å²) in [6.07, 6.45) is 3.58. The van der Waals surface area contributed by atoms with E-state index in [4.69, 9.17) is 4.74 Å². The SMILES string of the molecule is CCCOc1ccccc1CCCNC(=O)CN(c1ccccc1C(C)C)S(C)(=O)=O. The van der Waals surface area contributed by atoms with Crippen molar-refractivity contribution in [2.45, 2.75) is 46.0 Å². The van der Waals surface area contributed by atoms with Crippen molar-refractivity contribution in [3.05, 3.63) is 59.7 Å². The van der Waals surface area contributed by atoms with Gasteiger partial charge in [0.2, 0.25) is 15.9 Å². The van der Waals surface area contributed by atoms with Crippen molar-refractivity contribution in [2.75, 3.05) is 30.3 Å². The number of hydrogen-bond acceptors (Lipinski definition) is 4. The summed E-state index contributed by atoms with van der Waals surface area (Å²) in [6, 6.07) is 15.2. The van der Waals surface area contributed by atoms with Crippen molar-refractivity contribution < 1.29 is 17.9 Å². The van der Waals surface area contributed by atoms with Crippen LogP contribution in [0, 0.1) is 0 Å². The number of anilines is 1. The highest BCUT2D eigenvalue weighted by atomic mass is 32.2. The van der Waals surface area contributed by atoms with Crippen molar-refractivity contribution >= 4 is 21.6 Å². The Kier molecular flexibility index (Phi) is 9.37. The third-order valence-electron chi connectivity index (χ3n) is 4.89. The maximum Gasteiger partial charge on any atom is 0.240 e. The van der Waals surface area contributed by atoms with Crippen LogP contribution >= 0.6 is 0 Å². The van der Waals surface area contributed by atoms with E-state index < -0.39 is 10.0 Å². The van der Waals surface area contributed by atoms with Crippen LogP contribution in [0.15, 0.2) is 48.5 Å². The Balaban J connectivity index is 1.97. The average molecular weight is 447 g/mol. The number of carbonyl (C=O) groups is 1. The van der Waals surface area contributed by atoms with Crippen LogP contribution < -0.4 is 14.4 Å². The molecule has 170 valence electrons. The smallest absolute Gasteiger partial charge is 0.240 e. The number of hydrogen-bond donors (Lipinski definition) is 1. The van der Waals surface area contributed by atoms with Crippen LogP contribution in [-0.2, 0) is 21.2 Å². The van der Waals surface area contributed by atoms with E-state index in [1.54, 1.807) is 12.1 Å². The molecular formula is C24H34N2O4S. The number of nitrogens with zero attached hydrogens (tertiary/aromatic N) is 1. The Morgan fingerprint density at radius 2 is 1.77 bits per heavy atom. The molecule has 0 unspecified atom stereocenters. The number of ether oxygens (including phenoxy) is 1. The van der Waals surface area contributed by atoms with Crippen LogP contribution in [0.25, 0.3) is 0 Å². The summed E-state index contributed by atoms with van der Waals surface area (Å²) in [4.78, 5) is 12.5. The number of nitrogens with one attached hydrogen (secondary N) is 1. The molecule has 0 aliphatic carbocycles. The third kappa shape index (κ3) is 7.58. The second-order valence-electron chi connectivity index (χ2n) is 7.89. The molecule has 0 heterocycles. The molecule has 0 saturated heterocycles. The first-order valence-electron chi connectivity index (χ1n) is 10.8. The molecule has 0 radical (unpaired) electrons. The quantitative estimate of drug-likeness (QED) is 0.498. The van der Waals surface area contributed by atoms with Crippen molar-refractivity contribution in [3.63, 3.8) is 0 Å². The number of rotatable bonds is 12. The van der Waals surface area contributed by atoms with Gasteiger partial charge in [-0.3, -0.25) is 9.10 Å². The summed E-state index contributed by atoms with van der Waals surface area (Å²) < 4.78 is 31.8. The number of sulfonamides is 1. The van der Waals surface area contributed by atoms with Gasteiger partial charge in [0, 0.05) is 6.54 Å². The number of para-hydroxylation sites is 2. The van der Waals surface area contributed by atoms with E-state index in [1.165, 1.54) is 4.31 Å². The molecule has 2 aromatic rings. The van der Waals surface area contributed by atoms with Gasteiger partial charge in [0.25, 0.3) is 0 Å². The zero-order valence-corrected chi connectivity index (χ0v) is 19.7. The Hall–Kier alpha value is -2.54. The minimum Gasteiger partial charge on any atom is -0.493 e. The largest absolute Gasteiger partial charge is 0.493 e. The van der Waals surface area contributed by atoms with E-state index in [9.17, 15) is 13.2 Å². The summed E-state index contributed by atoms with van der Waals surface area (Å²) >= 11 is 0. The summed E-state index contributed by atoms with van der Waals surface area (Å²) in [5.74, 6) is 0.697. The molecule has 1 amide bonds.